The lowest BCUT2D eigenvalue weighted by Crippen LogP contribution is -1.77. The van der Waals surface area contributed by atoms with Gasteiger partial charge >= 0.3 is 0 Å². The lowest BCUT2D eigenvalue weighted by atomic mass is 10.2. The van der Waals surface area contributed by atoms with E-state index in [9.17, 15) is 0 Å². The van der Waals surface area contributed by atoms with Gasteiger partial charge in [0.25, 0.3) is 0 Å². The molecule has 10 heavy (non-hydrogen) atoms. The van der Waals surface area contributed by atoms with Gasteiger partial charge in [0.1, 0.15) is 0 Å². The highest BCUT2D eigenvalue weighted by atomic mass is 35.5. The Morgan fingerprint density at radius 2 is 1.80 bits per heavy atom. The van der Waals surface area contributed by atoms with Crippen LogP contribution in [-0.2, 0) is 0 Å². The van der Waals surface area contributed by atoms with Gasteiger partial charge in [0.15, 0.2) is 0 Å². The van der Waals surface area contributed by atoms with Crippen molar-refractivity contribution >= 4 is 11.6 Å². The molecular formula is C9H15Cl. The highest BCUT2D eigenvalue weighted by Gasteiger charge is 1.85. The van der Waals surface area contributed by atoms with E-state index in [0.29, 0.717) is 0 Å². The van der Waals surface area contributed by atoms with Crippen molar-refractivity contribution in [2.75, 3.05) is 5.88 Å². The van der Waals surface area contributed by atoms with Gasteiger partial charge in [0.05, 0.1) is 0 Å². The summed E-state index contributed by atoms with van der Waals surface area (Å²) >= 11 is 5.51. The van der Waals surface area contributed by atoms with E-state index in [1.165, 1.54) is 19.3 Å². The van der Waals surface area contributed by atoms with Gasteiger partial charge in [0.2, 0.25) is 0 Å². The average Bonchev–Trinajstić information content (AvgIpc) is 1.97. The molecule has 0 saturated carbocycles. The normalized spacial score (nSPS) is 8.60. The zero-order chi connectivity index (χ0) is 7.66. The van der Waals surface area contributed by atoms with E-state index in [0.717, 1.165) is 18.7 Å². The highest BCUT2D eigenvalue weighted by molar-refractivity contribution is 6.17. The van der Waals surface area contributed by atoms with Crippen LogP contribution in [0, 0.1) is 11.8 Å². The van der Waals surface area contributed by atoms with E-state index in [1.54, 1.807) is 0 Å². The van der Waals surface area contributed by atoms with Crippen molar-refractivity contribution in [3.8, 4) is 11.8 Å². The summed E-state index contributed by atoms with van der Waals surface area (Å²) in [6.45, 7) is 1.89. The molecule has 0 bridgehead atoms. The molecule has 0 nitrogen and oxygen atoms in total. The summed E-state index contributed by atoms with van der Waals surface area (Å²) in [6.07, 6.45) is 5.98. The van der Waals surface area contributed by atoms with Crippen molar-refractivity contribution in [3.63, 3.8) is 0 Å². The minimum absolute atomic E-state index is 0.805. The summed E-state index contributed by atoms with van der Waals surface area (Å²) in [5.74, 6) is 6.73. The Bertz CT molecular complexity index is 108. The third-order valence-electron chi connectivity index (χ3n) is 1.36. The van der Waals surface area contributed by atoms with Crippen LogP contribution in [0.1, 0.15) is 39.0 Å². The summed E-state index contributed by atoms with van der Waals surface area (Å²) in [5, 5.41) is 0. The van der Waals surface area contributed by atoms with Crippen LogP contribution in [0.25, 0.3) is 0 Å². The molecule has 0 N–H and O–H groups in total. The van der Waals surface area contributed by atoms with Crippen LogP contribution >= 0.6 is 11.6 Å². The smallest absolute Gasteiger partial charge is 0.0223 e. The maximum Gasteiger partial charge on any atom is 0.0223 e. The van der Waals surface area contributed by atoms with Gasteiger partial charge < -0.3 is 0 Å². The number of unbranched alkanes of at least 4 members (excludes halogenated alkanes) is 4. The van der Waals surface area contributed by atoms with Crippen molar-refractivity contribution in [2.45, 2.75) is 39.0 Å². The van der Waals surface area contributed by atoms with Crippen LogP contribution in [0.2, 0.25) is 0 Å². The maximum absolute atomic E-state index is 5.51. The standard InChI is InChI=1S/C9H15Cl/c1-2-3-4-5-6-7-8-9-10/h4-9H2,1H3. The van der Waals surface area contributed by atoms with Crippen LogP contribution < -0.4 is 0 Å². The van der Waals surface area contributed by atoms with E-state index in [4.69, 9.17) is 11.6 Å². The third-order valence-corrected chi connectivity index (χ3v) is 1.63. The fraction of sp³-hybridized carbons (Fsp3) is 0.778. The van der Waals surface area contributed by atoms with Crippen molar-refractivity contribution in [2.24, 2.45) is 0 Å². The topological polar surface area (TPSA) is 0 Å². The number of hydrogen-bond donors (Lipinski definition) is 0. The first kappa shape index (κ1) is 9.85. The van der Waals surface area contributed by atoms with Crippen LogP contribution in [0.4, 0.5) is 0 Å². The molecule has 0 aliphatic heterocycles. The van der Waals surface area contributed by atoms with Gasteiger partial charge in [-0.1, -0.05) is 12.8 Å². The number of rotatable bonds is 5. The van der Waals surface area contributed by atoms with Crippen molar-refractivity contribution in [1.29, 1.82) is 0 Å². The minimum atomic E-state index is 0.805. The van der Waals surface area contributed by atoms with Gasteiger partial charge in [-0.05, 0) is 19.8 Å². The van der Waals surface area contributed by atoms with E-state index in [-0.39, 0.29) is 0 Å². The predicted octanol–water partition coefficient (Wildman–Crippen LogP) is 3.20. The lowest BCUT2D eigenvalue weighted by molar-refractivity contribution is 0.682. The quantitative estimate of drug-likeness (QED) is 0.328. The van der Waals surface area contributed by atoms with Crippen LogP contribution in [-0.4, -0.2) is 5.88 Å². The Balaban J connectivity index is 2.82. The second-order valence-electron chi connectivity index (χ2n) is 2.28. The molecule has 0 aromatic heterocycles. The molecular weight excluding hydrogens is 144 g/mol. The van der Waals surface area contributed by atoms with Gasteiger partial charge in [-0.2, -0.15) is 0 Å². The molecule has 0 fully saturated rings. The molecule has 0 aromatic rings. The van der Waals surface area contributed by atoms with E-state index in [2.05, 4.69) is 11.8 Å². The van der Waals surface area contributed by atoms with Crippen LogP contribution in [0.3, 0.4) is 0 Å². The van der Waals surface area contributed by atoms with Gasteiger partial charge in [-0.15, -0.1) is 23.4 Å². The summed E-state index contributed by atoms with van der Waals surface area (Å²) in [7, 11) is 0. The number of hydrogen-bond acceptors (Lipinski definition) is 0. The lowest BCUT2D eigenvalue weighted by Gasteiger charge is -1.93. The molecule has 0 spiro atoms. The molecule has 0 rings (SSSR count). The van der Waals surface area contributed by atoms with Gasteiger partial charge in [0, 0.05) is 12.3 Å². The molecule has 0 amide bonds. The summed E-state index contributed by atoms with van der Waals surface area (Å²) in [5.41, 5.74) is 0. The Morgan fingerprint density at radius 1 is 1.10 bits per heavy atom. The summed E-state index contributed by atoms with van der Waals surface area (Å²) in [4.78, 5) is 0. The Hall–Kier alpha value is -0.150. The monoisotopic (exact) mass is 158 g/mol. The summed E-state index contributed by atoms with van der Waals surface area (Å²) in [6, 6.07) is 0. The van der Waals surface area contributed by atoms with Crippen molar-refractivity contribution < 1.29 is 0 Å². The second-order valence-corrected chi connectivity index (χ2v) is 2.66. The first-order chi connectivity index (χ1) is 4.91. The fourth-order valence-electron chi connectivity index (χ4n) is 0.786. The molecule has 0 aromatic carbocycles. The first-order valence-corrected chi connectivity index (χ1v) is 4.41. The van der Waals surface area contributed by atoms with E-state index in [1.807, 2.05) is 6.92 Å². The Morgan fingerprint density at radius 3 is 2.40 bits per heavy atom. The second kappa shape index (κ2) is 8.85. The molecule has 0 aliphatic carbocycles. The minimum Gasteiger partial charge on any atom is -0.127 e. The zero-order valence-corrected chi connectivity index (χ0v) is 7.38. The zero-order valence-electron chi connectivity index (χ0n) is 6.62. The molecule has 0 aliphatic rings. The van der Waals surface area contributed by atoms with E-state index < -0.39 is 0 Å². The first-order valence-electron chi connectivity index (χ1n) is 3.87. The highest BCUT2D eigenvalue weighted by Crippen LogP contribution is 2.02. The summed E-state index contributed by atoms with van der Waals surface area (Å²) < 4.78 is 0. The van der Waals surface area contributed by atoms with Crippen LogP contribution in [0.15, 0.2) is 0 Å². The third kappa shape index (κ3) is 7.85. The molecule has 0 saturated heterocycles. The molecule has 0 heterocycles. The van der Waals surface area contributed by atoms with Gasteiger partial charge in [-0.3, -0.25) is 0 Å². The molecule has 0 radical (unpaired) electrons. The van der Waals surface area contributed by atoms with Gasteiger partial charge in [-0.25, -0.2) is 0 Å². The van der Waals surface area contributed by atoms with Crippen LogP contribution in [0.5, 0.6) is 0 Å². The Kier molecular flexibility index (Phi) is 8.72. The predicted molar refractivity (Wildman–Crippen MR) is 47.3 cm³/mol. The largest absolute Gasteiger partial charge is 0.127 e. The molecule has 0 atom stereocenters. The average molecular weight is 159 g/mol. The molecule has 1 heteroatoms. The fourth-order valence-corrected chi connectivity index (χ4v) is 0.975. The van der Waals surface area contributed by atoms with E-state index >= 15 is 0 Å². The molecule has 0 unspecified atom stereocenters. The Labute approximate surface area is 69.0 Å². The van der Waals surface area contributed by atoms with Crippen molar-refractivity contribution in [1.82, 2.24) is 0 Å². The number of halogens is 1. The number of alkyl halides is 1. The van der Waals surface area contributed by atoms with Crippen molar-refractivity contribution in [3.05, 3.63) is 0 Å². The SMILES string of the molecule is CC#CCCCCCCCl. The molecule has 58 valence electrons. The maximum atomic E-state index is 5.51.